The number of aliphatic hydroxyl groups is 1. The van der Waals surface area contributed by atoms with E-state index >= 15 is 0 Å². The molecule has 0 spiro atoms. The number of nitrogens with zero attached hydrogens (tertiary/aromatic N) is 1. The number of aryl methyl sites for hydroxylation is 1. The Hall–Kier alpha value is -1.20. The Kier molecular flexibility index (Phi) is 7.95. The minimum Gasteiger partial charge on any atom is -0.417 e. The van der Waals surface area contributed by atoms with Gasteiger partial charge < -0.3 is 14.3 Å². The van der Waals surface area contributed by atoms with Gasteiger partial charge in [-0.05, 0) is 31.5 Å². The molecule has 0 amide bonds. The van der Waals surface area contributed by atoms with E-state index in [1.54, 1.807) is 6.92 Å². The Balaban J connectivity index is 2.21. The second-order valence-electron chi connectivity index (χ2n) is 9.40. The summed E-state index contributed by atoms with van der Waals surface area (Å²) in [4.78, 5) is 37.7. The van der Waals surface area contributed by atoms with Gasteiger partial charge in [0.25, 0.3) is 5.56 Å². The van der Waals surface area contributed by atoms with Crippen LogP contribution in [0.1, 0.15) is 45.9 Å². The second-order valence-corrected chi connectivity index (χ2v) is 15.4. The van der Waals surface area contributed by atoms with Gasteiger partial charge in [-0.25, -0.2) is 4.79 Å². The third-order valence-corrected chi connectivity index (χ3v) is 11.6. The Morgan fingerprint density at radius 2 is 2.00 bits per heavy atom. The van der Waals surface area contributed by atoms with Crippen LogP contribution in [0.5, 0.6) is 0 Å². The average molecular weight is 459 g/mol. The van der Waals surface area contributed by atoms with Crippen molar-refractivity contribution in [1.29, 1.82) is 0 Å². The maximum Gasteiger partial charge on any atom is 0.330 e. The van der Waals surface area contributed by atoms with Gasteiger partial charge in [0.1, 0.15) is 6.10 Å². The van der Waals surface area contributed by atoms with E-state index in [4.69, 9.17) is 9.16 Å². The summed E-state index contributed by atoms with van der Waals surface area (Å²) in [6.45, 7) is 14.4. The van der Waals surface area contributed by atoms with Crippen molar-refractivity contribution in [2.75, 3.05) is 12.4 Å². The lowest BCUT2D eigenvalue weighted by Gasteiger charge is -2.36. The molecule has 170 valence electrons. The highest BCUT2D eigenvalue weighted by molar-refractivity contribution is 8.13. The number of hydrogen-bond acceptors (Lipinski definition) is 7. The molecule has 1 aliphatic heterocycles. The highest BCUT2D eigenvalue weighted by Crippen LogP contribution is 2.39. The largest absolute Gasteiger partial charge is 0.417 e. The van der Waals surface area contributed by atoms with Crippen LogP contribution < -0.4 is 11.2 Å². The predicted octanol–water partition coefficient (Wildman–Crippen LogP) is 2.41. The topological polar surface area (TPSA) is 111 Å². The van der Waals surface area contributed by atoms with Crippen LogP contribution in [0.3, 0.4) is 0 Å². The summed E-state index contributed by atoms with van der Waals surface area (Å²) in [7, 11) is -1.93. The molecule has 8 nitrogen and oxygen atoms in total. The molecule has 0 unspecified atom stereocenters. The maximum atomic E-state index is 12.3. The van der Waals surface area contributed by atoms with Gasteiger partial charge in [-0.15, -0.1) is 0 Å². The summed E-state index contributed by atoms with van der Waals surface area (Å²) in [6, 6.07) is 0. The minimum absolute atomic E-state index is 0.0426. The van der Waals surface area contributed by atoms with Gasteiger partial charge in [0, 0.05) is 37.0 Å². The van der Waals surface area contributed by atoms with Crippen LogP contribution in [0.2, 0.25) is 18.1 Å². The molecule has 1 aromatic heterocycles. The number of rotatable bonds is 7. The fourth-order valence-corrected chi connectivity index (χ4v) is 5.05. The van der Waals surface area contributed by atoms with Crippen molar-refractivity contribution in [3.8, 4) is 0 Å². The SMILES string of the molecule is CC(=O)SC[C@H]1[C@@H](O)[C@H](n2cc(C)c(=O)[nH]c2=O)O[C@@H]1CCO[Si](C)(C)C(C)(C)C. The van der Waals surface area contributed by atoms with Crippen molar-refractivity contribution in [2.45, 2.75) is 77.6 Å². The predicted molar refractivity (Wildman–Crippen MR) is 120 cm³/mol. The van der Waals surface area contributed by atoms with Crippen LogP contribution >= 0.6 is 11.8 Å². The zero-order valence-corrected chi connectivity index (χ0v) is 20.7. The van der Waals surface area contributed by atoms with Gasteiger partial charge in [-0.2, -0.15) is 0 Å². The molecule has 0 aliphatic carbocycles. The highest BCUT2D eigenvalue weighted by Gasteiger charge is 2.45. The summed E-state index contributed by atoms with van der Waals surface area (Å²) < 4.78 is 13.6. The van der Waals surface area contributed by atoms with Gasteiger partial charge in [-0.1, -0.05) is 32.5 Å². The van der Waals surface area contributed by atoms with E-state index in [1.807, 2.05) is 0 Å². The molecule has 0 bridgehead atoms. The van der Waals surface area contributed by atoms with Crippen molar-refractivity contribution >= 4 is 25.2 Å². The molecule has 2 heterocycles. The second kappa shape index (κ2) is 9.52. The lowest BCUT2D eigenvalue weighted by atomic mass is 9.98. The standard InChI is InChI=1S/C20H34N2O6SSi/c1-12-10-22(19(26)21-17(12)25)18-16(24)14(11-29-13(2)23)15(28-18)8-9-27-30(6,7)20(3,4)5/h10,14-16,18,24H,8-9,11H2,1-7H3,(H,21,25,26)/t14-,15-,16-,18-/m1/s1. The first kappa shape index (κ1) is 25.1. The monoisotopic (exact) mass is 458 g/mol. The minimum atomic E-state index is -1.93. The van der Waals surface area contributed by atoms with Gasteiger partial charge in [0.2, 0.25) is 0 Å². The first-order chi connectivity index (χ1) is 13.7. The molecule has 0 saturated carbocycles. The third-order valence-electron chi connectivity index (χ3n) is 6.09. The number of thioether (sulfide) groups is 1. The Bertz CT molecular complexity index is 875. The van der Waals surface area contributed by atoms with Gasteiger partial charge >= 0.3 is 5.69 Å². The number of aromatic nitrogens is 2. The first-order valence-corrected chi connectivity index (χ1v) is 14.1. The Morgan fingerprint density at radius 1 is 1.37 bits per heavy atom. The van der Waals surface area contributed by atoms with E-state index in [0.29, 0.717) is 24.3 Å². The Morgan fingerprint density at radius 3 is 2.57 bits per heavy atom. The maximum absolute atomic E-state index is 12.3. The van der Waals surface area contributed by atoms with Crippen molar-refractivity contribution in [3.05, 3.63) is 32.6 Å². The van der Waals surface area contributed by atoms with Crippen molar-refractivity contribution in [2.24, 2.45) is 5.92 Å². The van der Waals surface area contributed by atoms with Crippen LogP contribution in [-0.4, -0.2) is 52.7 Å². The number of nitrogens with one attached hydrogen (secondary N) is 1. The van der Waals surface area contributed by atoms with E-state index in [0.717, 1.165) is 11.8 Å². The number of ether oxygens (including phenoxy) is 1. The molecule has 1 aliphatic rings. The molecule has 4 atom stereocenters. The molecule has 2 N–H and O–H groups in total. The third kappa shape index (κ3) is 5.73. The number of carbonyl (C=O) groups is 1. The molecule has 1 fully saturated rings. The number of aliphatic hydroxyl groups excluding tert-OH is 1. The van der Waals surface area contributed by atoms with Gasteiger partial charge in [0.15, 0.2) is 19.7 Å². The van der Waals surface area contributed by atoms with Gasteiger partial charge in [-0.3, -0.25) is 19.1 Å². The van der Waals surface area contributed by atoms with Crippen molar-refractivity contribution in [3.63, 3.8) is 0 Å². The fraction of sp³-hybridized carbons (Fsp3) is 0.750. The summed E-state index contributed by atoms with van der Waals surface area (Å²) in [5.74, 6) is 0.0422. The molecule has 10 heteroatoms. The number of aromatic amines is 1. The number of carbonyl (C=O) groups excluding carboxylic acids is 1. The van der Waals surface area contributed by atoms with Crippen LogP contribution in [0.4, 0.5) is 0 Å². The molecule has 0 radical (unpaired) electrons. The van der Waals surface area contributed by atoms with E-state index in [9.17, 15) is 19.5 Å². The van der Waals surface area contributed by atoms with Gasteiger partial charge in [0.05, 0.1) is 6.10 Å². The van der Waals surface area contributed by atoms with Crippen LogP contribution in [0.15, 0.2) is 15.8 Å². The van der Waals surface area contributed by atoms with E-state index in [2.05, 4.69) is 38.8 Å². The molecule has 30 heavy (non-hydrogen) atoms. The normalized spacial score (nSPS) is 24.9. The smallest absolute Gasteiger partial charge is 0.330 e. The first-order valence-electron chi connectivity index (χ1n) is 10.2. The molecular formula is C20H34N2O6SSi. The van der Waals surface area contributed by atoms with E-state index in [-0.39, 0.29) is 22.2 Å². The van der Waals surface area contributed by atoms with Crippen molar-refractivity contribution < 1.29 is 19.1 Å². The molecule has 1 aromatic rings. The molecule has 2 rings (SSSR count). The lowest BCUT2D eigenvalue weighted by Crippen LogP contribution is -2.41. The fourth-order valence-electron chi connectivity index (χ4n) is 3.15. The molecule has 0 aromatic carbocycles. The van der Waals surface area contributed by atoms with Crippen LogP contribution in [-0.2, 0) is 14.0 Å². The summed E-state index contributed by atoms with van der Waals surface area (Å²) in [5, 5.41) is 11.0. The quantitative estimate of drug-likeness (QED) is 0.604. The molecular weight excluding hydrogens is 424 g/mol. The Labute approximate surface area is 182 Å². The number of hydrogen-bond donors (Lipinski definition) is 2. The van der Waals surface area contributed by atoms with E-state index in [1.165, 1.54) is 17.7 Å². The van der Waals surface area contributed by atoms with Crippen LogP contribution in [0.25, 0.3) is 0 Å². The lowest BCUT2D eigenvalue weighted by molar-refractivity contribution is -0.109. The summed E-state index contributed by atoms with van der Waals surface area (Å²) in [6.07, 6.45) is -0.346. The van der Waals surface area contributed by atoms with E-state index < -0.39 is 31.9 Å². The highest BCUT2D eigenvalue weighted by atomic mass is 32.2. The average Bonchev–Trinajstić information content (AvgIpc) is 2.91. The van der Waals surface area contributed by atoms with Crippen LogP contribution in [0, 0.1) is 12.8 Å². The van der Waals surface area contributed by atoms with Crippen molar-refractivity contribution in [1.82, 2.24) is 9.55 Å². The molecule has 1 saturated heterocycles. The summed E-state index contributed by atoms with van der Waals surface area (Å²) in [5.41, 5.74) is -0.748. The summed E-state index contributed by atoms with van der Waals surface area (Å²) >= 11 is 1.13. The zero-order chi connectivity index (χ0) is 22.9. The number of H-pyrrole nitrogens is 1. The zero-order valence-electron chi connectivity index (χ0n) is 18.9.